The Morgan fingerprint density at radius 3 is 2.40 bits per heavy atom. The fourth-order valence-electron chi connectivity index (χ4n) is 1.73. The van der Waals surface area contributed by atoms with Crippen molar-refractivity contribution in [3.05, 3.63) is 0 Å². The van der Waals surface area contributed by atoms with Crippen molar-refractivity contribution in [3.63, 3.8) is 0 Å². The Kier molecular flexibility index (Phi) is 3.72. The average Bonchev–Trinajstić information content (AvgIpc) is 2.40. The summed E-state index contributed by atoms with van der Waals surface area (Å²) in [6, 6.07) is -0.873. The molecule has 1 heterocycles. The van der Waals surface area contributed by atoms with E-state index in [0.29, 0.717) is 6.42 Å². The summed E-state index contributed by atoms with van der Waals surface area (Å²) in [6.07, 6.45) is 0.513. The molecule has 5 nitrogen and oxygen atoms in total. The predicted octanol–water partition coefficient (Wildman–Crippen LogP) is -0.128. The Hall–Kier alpha value is -0.620. The summed E-state index contributed by atoms with van der Waals surface area (Å²) in [4.78, 5) is 10.9. The lowest BCUT2D eigenvalue weighted by Crippen LogP contribution is -2.46. The van der Waals surface area contributed by atoms with Crippen molar-refractivity contribution in [1.82, 2.24) is 5.32 Å². The Morgan fingerprint density at radius 2 is 2.07 bits per heavy atom. The van der Waals surface area contributed by atoms with Crippen LogP contribution in [0.3, 0.4) is 0 Å². The van der Waals surface area contributed by atoms with Gasteiger partial charge in [0.1, 0.15) is 6.04 Å². The van der Waals surface area contributed by atoms with Gasteiger partial charge in [0.15, 0.2) is 9.84 Å². The van der Waals surface area contributed by atoms with Crippen molar-refractivity contribution < 1.29 is 18.3 Å². The summed E-state index contributed by atoms with van der Waals surface area (Å²) in [6.45, 7) is 3.60. The van der Waals surface area contributed by atoms with E-state index >= 15 is 0 Å². The van der Waals surface area contributed by atoms with E-state index in [1.807, 2.05) is 0 Å². The summed E-state index contributed by atoms with van der Waals surface area (Å²) < 4.78 is 22.3. The lowest BCUT2D eigenvalue weighted by molar-refractivity contribution is -0.140. The van der Waals surface area contributed by atoms with Gasteiger partial charge in [-0.25, -0.2) is 8.42 Å². The summed E-state index contributed by atoms with van der Waals surface area (Å²) in [5.74, 6) is -0.751. The lowest BCUT2D eigenvalue weighted by Gasteiger charge is -2.21. The van der Waals surface area contributed by atoms with Gasteiger partial charge in [0, 0.05) is 6.04 Å². The maximum Gasteiger partial charge on any atom is 0.320 e. The number of aliphatic carboxylic acids is 1. The number of sulfone groups is 1. The molecule has 0 aromatic heterocycles. The Bertz CT molecular complexity index is 336. The molecular weight excluding hydrogens is 218 g/mol. The SMILES string of the molecule is CC(C)C(NC1CCS(=O)(=O)C1)C(=O)O. The maximum atomic E-state index is 11.2. The summed E-state index contributed by atoms with van der Waals surface area (Å²) in [5.41, 5.74) is 0. The van der Waals surface area contributed by atoms with Crippen LogP contribution in [0.1, 0.15) is 20.3 Å². The zero-order valence-electron chi connectivity index (χ0n) is 8.93. The highest BCUT2D eigenvalue weighted by Crippen LogP contribution is 2.14. The third-order valence-electron chi connectivity index (χ3n) is 2.58. The van der Waals surface area contributed by atoms with Crippen LogP contribution in [0.4, 0.5) is 0 Å². The van der Waals surface area contributed by atoms with Gasteiger partial charge >= 0.3 is 5.97 Å². The second-order valence-corrected chi connectivity index (χ2v) is 6.56. The van der Waals surface area contributed by atoms with Crippen LogP contribution in [-0.2, 0) is 14.6 Å². The standard InChI is InChI=1S/C9H17NO4S/c1-6(2)8(9(11)12)10-7-3-4-15(13,14)5-7/h6-8,10H,3-5H2,1-2H3,(H,11,12). The normalized spacial score (nSPS) is 26.7. The van der Waals surface area contributed by atoms with Crippen LogP contribution in [0.15, 0.2) is 0 Å². The molecule has 1 aliphatic heterocycles. The molecule has 0 amide bonds. The fraction of sp³-hybridized carbons (Fsp3) is 0.889. The van der Waals surface area contributed by atoms with Crippen LogP contribution in [0.5, 0.6) is 0 Å². The number of hydrogen-bond donors (Lipinski definition) is 2. The molecule has 0 aromatic rings. The van der Waals surface area contributed by atoms with Gasteiger partial charge in [-0.3, -0.25) is 4.79 Å². The number of hydrogen-bond acceptors (Lipinski definition) is 4. The smallest absolute Gasteiger partial charge is 0.320 e. The van der Waals surface area contributed by atoms with Crippen LogP contribution in [0.2, 0.25) is 0 Å². The Morgan fingerprint density at radius 1 is 1.47 bits per heavy atom. The number of carboxylic acid groups (broad SMARTS) is 1. The van der Waals surface area contributed by atoms with Crippen molar-refractivity contribution >= 4 is 15.8 Å². The van der Waals surface area contributed by atoms with E-state index in [2.05, 4.69) is 5.32 Å². The van der Waals surface area contributed by atoms with Gasteiger partial charge < -0.3 is 10.4 Å². The third kappa shape index (κ3) is 3.46. The van der Waals surface area contributed by atoms with Crippen LogP contribution < -0.4 is 5.32 Å². The first-order valence-electron chi connectivity index (χ1n) is 5.01. The first-order valence-corrected chi connectivity index (χ1v) is 6.83. The minimum absolute atomic E-state index is 0.0502. The highest BCUT2D eigenvalue weighted by Gasteiger charge is 2.32. The molecule has 0 aromatic carbocycles. The molecule has 1 fully saturated rings. The van der Waals surface area contributed by atoms with Crippen LogP contribution in [-0.4, -0.2) is 43.1 Å². The van der Waals surface area contributed by atoms with Gasteiger partial charge in [-0.15, -0.1) is 0 Å². The summed E-state index contributed by atoms with van der Waals surface area (Å²) >= 11 is 0. The molecule has 0 aliphatic carbocycles. The lowest BCUT2D eigenvalue weighted by atomic mass is 10.0. The van der Waals surface area contributed by atoms with E-state index in [1.165, 1.54) is 0 Å². The van der Waals surface area contributed by atoms with Gasteiger partial charge in [-0.2, -0.15) is 0 Å². The topological polar surface area (TPSA) is 83.5 Å². The molecule has 2 atom stereocenters. The van der Waals surface area contributed by atoms with Gasteiger partial charge in [-0.05, 0) is 12.3 Å². The molecule has 88 valence electrons. The minimum atomic E-state index is -2.95. The van der Waals surface area contributed by atoms with E-state index in [-0.39, 0.29) is 23.5 Å². The Labute approximate surface area is 89.8 Å². The molecule has 6 heteroatoms. The Balaban J connectivity index is 2.58. The monoisotopic (exact) mass is 235 g/mol. The van der Waals surface area contributed by atoms with Gasteiger partial charge in [0.25, 0.3) is 0 Å². The van der Waals surface area contributed by atoms with E-state index in [0.717, 1.165) is 0 Å². The van der Waals surface area contributed by atoms with Crippen molar-refractivity contribution in [1.29, 1.82) is 0 Å². The largest absolute Gasteiger partial charge is 0.480 e. The second kappa shape index (κ2) is 4.49. The first kappa shape index (κ1) is 12.4. The summed E-state index contributed by atoms with van der Waals surface area (Å²) in [7, 11) is -2.95. The van der Waals surface area contributed by atoms with Crippen LogP contribution in [0, 0.1) is 5.92 Å². The molecular formula is C9H17NO4S. The van der Waals surface area contributed by atoms with Crippen LogP contribution >= 0.6 is 0 Å². The van der Waals surface area contributed by atoms with E-state index in [4.69, 9.17) is 5.11 Å². The molecule has 0 spiro atoms. The molecule has 1 rings (SSSR count). The highest BCUT2D eigenvalue weighted by molar-refractivity contribution is 7.91. The van der Waals surface area contributed by atoms with E-state index < -0.39 is 21.8 Å². The molecule has 0 bridgehead atoms. The number of carboxylic acids is 1. The molecule has 0 saturated carbocycles. The molecule has 15 heavy (non-hydrogen) atoms. The minimum Gasteiger partial charge on any atom is -0.480 e. The molecule has 2 unspecified atom stereocenters. The maximum absolute atomic E-state index is 11.2. The zero-order chi connectivity index (χ0) is 11.6. The van der Waals surface area contributed by atoms with Crippen LogP contribution in [0.25, 0.3) is 0 Å². The quantitative estimate of drug-likeness (QED) is 0.709. The molecule has 2 N–H and O–H groups in total. The average molecular weight is 235 g/mol. The first-order chi connectivity index (χ1) is 6.82. The number of carbonyl (C=O) groups is 1. The van der Waals surface area contributed by atoms with Gasteiger partial charge in [-0.1, -0.05) is 13.8 Å². The van der Waals surface area contributed by atoms with Gasteiger partial charge in [0.05, 0.1) is 11.5 Å². The van der Waals surface area contributed by atoms with E-state index in [1.54, 1.807) is 13.8 Å². The van der Waals surface area contributed by atoms with Crippen molar-refractivity contribution in [2.75, 3.05) is 11.5 Å². The highest BCUT2D eigenvalue weighted by atomic mass is 32.2. The fourth-order valence-corrected chi connectivity index (χ4v) is 3.42. The third-order valence-corrected chi connectivity index (χ3v) is 4.35. The molecule has 1 saturated heterocycles. The number of nitrogens with one attached hydrogen (secondary N) is 1. The second-order valence-electron chi connectivity index (χ2n) is 4.33. The number of rotatable bonds is 4. The molecule has 0 radical (unpaired) electrons. The van der Waals surface area contributed by atoms with E-state index in [9.17, 15) is 13.2 Å². The summed E-state index contributed by atoms with van der Waals surface area (Å²) in [5, 5.41) is 11.8. The van der Waals surface area contributed by atoms with Gasteiger partial charge in [0.2, 0.25) is 0 Å². The van der Waals surface area contributed by atoms with Crippen molar-refractivity contribution in [2.45, 2.75) is 32.4 Å². The molecule has 1 aliphatic rings. The zero-order valence-corrected chi connectivity index (χ0v) is 9.75. The predicted molar refractivity (Wildman–Crippen MR) is 56.5 cm³/mol. The van der Waals surface area contributed by atoms with Crippen molar-refractivity contribution in [3.8, 4) is 0 Å². The van der Waals surface area contributed by atoms with Crippen molar-refractivity contribution in [2.24, 2.45) is 5.92 Å².